The molecule has 0 aromatic heterocycles. The molecule has 0 amide bonds. The van der Waals surface area contributed by atoms with Crippen LogP contribution in [0.5, 0.6) is 0 Å². The Hall–Kier alpha value is 0.110. The molecule has 0 bridgehead atoms. The van der Waals surface area contributed by atoms with Gasteiger partial charge in [-0.15, -0.1) is 0 Å². The van der Waals surface area contributed by atoms with E-state index in [1.165, 1.54) is 25.7 Å². The Bertz CT molecular complexity index is 242. The van der Waals surface area contributed by atoms with Crippen molar-refractivity contribution in [2.24, 2.45) is 5.92 Å². The molecule has 1 aliphatic carbocycles. The van der Waals surface area contributed by atoms with Gasteiger partial charge in [0, 0.05) is 22.1 Å². The molecule has 17 heavy (non-hydrogen) atoms. The Kier molecular flexibility index (Phi) is 6.71. The number of nitrogens with one attached hydrogen (secondary N) is 1. The Balaban J connectivity index is 2.65. The quantitative estimate of drug-likeness (QED) is 0.794. The molecule has 1 fully saturated rings. The molecule has 1 saturated carbocycles. The van der Waals surface area contributed by atoms with Gasteiger partial charge in [0.05, 0.1) is 5.25 Å². The highest BCUT2D eigenvalue weighted by atomic mass is 32.2. The molecule has 4 atom stereocenters. The summed E-state index contributed by atoms with van der Waals surface area (Å²) in [4.78, 5) is 0. The highest BCUT2D eigenvalue weighted by molar-refractivity contribution is 7.86. The Morgan fingerprint density at radius 2 is 2.00 bits per heavy atom. The van der Waals surface area contributed by atoms with Crippen molar-refractivity contribution in [3.8, 4) is 0 Å². The van der Waals surface area contributed by atoms with Crippen molar-refractivity contribution in [3.63, 3.8) is 0 Å². The van der Waals surface area contributed by atoms with Gasteiger partial charge in [0.25, 0.3) is 0 Å². The largest absolute Gasteiger partial charge is 0.313 e. The topological polar surface area (TPSA) is 29.1 Å². The van der Waals surface area contributed by atoms with E-state index in [2.05, 4.69) is 33.0 Å². The van der Waals surface area contributed by atoms with Gasteiger partial charge in [-0.05, 0) is 31.7 Å². The van der Waals surface area contributed by atoms with Crippen LogP contribution in [0.2, 0.25) is 0 Å². The summed E-state index contributed by atoms with van der Waals surface area (Å²) in [6, 6.07) is 0.483. The van der Waals surface area contributed by atoms with E-state index >= 15 is 0 Å². The van der Waals surface area contributed by atoms with Crippen LogP contribution in [0, 0.1) is 5.92 Å². The van der Waals surface area contributed by atoms with E-state index in [0.717, 1.165) is 18.9 Å². The van der Waals surface area contributed by atoms with Gasteiger partial charge in [0.2, 0.25) is 0 Å². The molecule has 1 N–H and O–H groups in total. The zero-order valence-corrected chi connectivity index (χ0v) is 12.7. The van der Waals surface area contributed by atoms with Crippen LogP contribution in [0.4, 0.5) is 0 Å². The zero-order valence-electron chi connectivity index (χ0n) is 11.9. The molecular weight excluding hydrogens is 230 g/mol. The fourth-order valence-electron chi connectivity index (χ4n) is 2.98. The average Bonchev–Trinajstić information content (AvgIpc) is 2.30. The number of hydrogen-bond donors (Lipinski definition) is 1. The molecule has 0 spiro atoms. The van der Waals surface area contributed by atoms with Crippen LogP contribution in [-0.2, 0) is 10.8 Å². The molecule has 102 valence electrons. The van der Waals surface area contributed by atoms with E-state index in [0.29, 0.717) is 16.5 Å². The van der Waals surface area contributed by atoms with Gasteiger partial charge in [-0.3, -0.25) is 4.21 Å². The minimum Gasteiger partial charge on any atom is -0.313 e. The second kappa shape index (κ2) is 7.52. The molecule has 1 aliphatic rings. The van der Waals surface area contributed by atoms with Crippen molar-refractivity contribution < 1.29 is 4.21 Å². The molecule has 1 rings (SSSR count). The van der Waals surface area contributed by atoms with Gasteiger partial charge in [0.15, 0.2) is 0 Å². The summed E-state index contributed by atoms with van der Waals surface area (Å²) >= 11 is 0. The van der Waals surface area contributed by atoms with Crippen LogP contribution in [0.25, 0.3) is 0 Å². The Morgan fingerprint density at radius 3 is 2.53 bits per heavy atom. The SMILES string of the molecule is CCCC1CCC(NCC)C(S(=O)C(C)C)C1. The maximum Gasteiger partial charge on any atom is 0.0506 e. The van der Waals surface area contributed by atoms with Crippen molar-refractivity contribution in [2.45, 2.75) is 76.3 Å². The molecule has 3 heteroatoms. The fraction of sp³-hybridized carbons (Fsp3) is 1.00. The van der Waals surface area contributed by atoms with Crippen molar-refractivity contribution in [3.05, 3.63) is 0 Å². The first-order valence-electron chi connectivity index (χ1n) is 7.22. The summed E-state index contributed by atoms with van der Waals surface area (Å²) in [7, 11) is -0.677. The van der Waals surface area contributed by atoms with Crippen LogP contribution in [-0.4, -0.2) is 27.3 Å². The summed E-state index contributed by atoms with van der Waals surface area (Å²) < 4.78 is 12.4. The predicted molar refractivity (Wildman–Crippen MR) is 76.8 cm³/mol. The Morgan fingerprint density at radius 1 is 1.29 bits per heavy atom. The van der Waals surface area contributed by atoms with Gasteiger partial charge in [-0.25, -0.2) is 0 Å². The molecular formula is C14H29NOS. The fourth-order valence-corrected chi connectivity index (χ4v) is 4.70. The lowest BCUT2D eigenvalue weighted by molar-refractivity contribution is 0.286. The van der Waals surface area contributed by atoms with Gasteiger partial charge >= 0.3 is 0 Å². The van der Waals surface area contributed by atoms with Crippen molar-refractivity contribution >= 4 is 10.8 Å². The molecule has 2 nitrogen and oxygen atoms in total. The van der Waals surface area contributed by atoms with E-state index in [1.807, 2.05) is 0 Å². The minimum atomic E-state index is -0.677. The first-order valence-corrected chi connectivity index (χ1v) is 8.50. The monoisotopic (exact) mass is 259 g/mol. The number of rotatable bonds is 6. The van der Waals surface area contributed by atoms with Crippen LogP contribution in [0.15, 0.2) is 0 Å². The summed E-state index contributed by atoms with van der Waals surface area (Å²) in [5.41, 5.74) is 0. The van der Waals surface area contributed by atoms with E-state index < -0.39 is 10.8 Å². The van der Waals surface area contributed by atoms with Crippen molar-refractivity contribution in [2.75, 3.05) is 6.54 Å². The lowest BCUT2D eigenvalue weighted by Gasteiger charge is -2.37. The van der Waals surface area contributed by atoms with Crippen LogP contribution < -0.4 is 5.32 Å². The highest BCUT2D eigenvalue weighted by Crippen LogP contribution is 2.31. The van der Waals surface area contributed by atoms with Crippen molar-refractivity contribution in [1.29, 1.82) is 0 Å². The van der Waals surface area contributed by atoms with E-state index in [4.69, 9.17) is 0 Å². The van der Waals surface area contributed by atoms with Crippen LogP contribution in [0.3, 0.4) is 0 Å². The van der Waals surface area contributed by atoms with Gasteiger partial charge in [0.1, 0.15) is 0 Å². The number of hydrogen-bond acceptors (Lipinski definition) is 2. The van der Waals surface area contributed by atoms with E-state index in [9.17, 15) is 4.21 Å². The van der Waals surface area contributed by atoms with E-state index in [-0.39, 0.29) is 0 Å². The molecule has 0 heterocycles. The third kappa shape index (κ3) is 4.36. The maximum absolute atomic E-state index is 12.4. The first-order chi connectivity index (χ1) is 8.10. The first kappa shape index (κ1) is 15.2. The maximum atomic E-state index is 12.4. The molecule has 0 aromatic carbocycles. The molecule has 0 aromatic rings. The molecule has 4 unspecified atom stereocenters. The minimum absolute atomic E-state index is 0.293. The smallest absolute Gasteiger partial charge is 0.0506 e. The normalized spacial score (nSPS) is 31.7. The second-order valence-corrected chi connectivity index (χ2v) is 7.75. The predicted octanol–water partition coefficient (Wildman–Crippen LogP) is 3.09. The third-order valence-corrected chi connectivity index (χ3v) is 5.87. The summed E-state index contributed by atoms with van der Waals surface area (Å²) in [6.07, 6.45) is 6.26. The standard InChI is InChI=1S/C14H29NOS/c1-5-7-12-8-9-13(15-6-2)14(10-12)17(16)11(3)4/h11-15H,5-10H2,1-4H3. The highest BCUT2D eigenvalue weighted by Gasteiger charge is 2.34. The molecule has 0 saturated heterocycles. The zero-order chi connectivity index (χ0) is 12.8. The Labute approximate surface area is 109 Å². The summed E-state index contributed by atoms with van der Waals surface area (Å²) in [6.45, 7) is 9.57. The van der Waals surface area contributed by atoms with Crippen molar-refractivity contribution in [1.82, 2.24) is 5.32 Å². The second-order valence-electron chi connectivity index (χ2n) is 5.55. The third-order valence-electron chi connectivity index (χ3n) is 3.83. The molecule has 0 aliphatic heterocycles. The lowest BCUT2D eigenvalue weighted by atomic mass is 9.83. The van der Waals surface area contributed by atoms with Crippen LogP contribution in [0.1, 0.15) is 59.8 Å². The molecule has 0 radical (unpaired) electrons. The summed E-state index contributed by atoms with van der Waals surface area (Å²) in [5.74, 6) is 0.808. The summed E-state index contributed by atoms with van der Waals surface area (Å²) in [5, 5.41) is 4.21. The van der Waals surface area contributed by atoms with Gasteiger partial charge in [-0.2, -0.15) is 0 Å². The van der Waals surface area contributed by atoms with Gasteiger partial charge < -0.3 is 5.32 Å². The van der Waals surface area contributed by atoms with E-state index in [1.54, 1.807) is 0 Å². The van der Waals surface area contributed by atoms with Gasteiger partial charge in [-0.1, -0.05) is 40.5 Å². The average molecular weight is 259 g/mol. The van der Waals surface area contributed by atoms with Crippen LogP contribution >= 0.6 is 0 Å². The lowest BCUT2D eigenvalue weighted by Crippen LogP contribution is -2.47.